The summed E-state index contributed by atoms with van der Waals surface area (Å²) in [7, 11) is 2.21. The van der Waals surface area contributed by atoms with Crippen molar-refractivity contribution in [3.05, 3.63) is 41.6 Å². The van der Waals surface area contributed by atoms with E-state index < -0.39 is 0 Å². The summed E-state index contributed by atoms with van der Waals surface area (Å²) < 4.78 is 0. The molecular weight excluding hydrogens is 246 g/mol. The van der Waals surface area contributed by atoms with Crippen LogP contribution in [0.15, 0.2) is 30.3 Å². The molecule has 1 aromatic heterocycles. The van der Waals surface area contributed by atoms with E-state index in [1.165, 1.54) is 30.3 Å². The van der Waals surface area contributed by atoms with Crippen LogP contribution in [-0.2, 0) is 6.54 Å². The molecular formula is C17H23N3. The van der Waals surface area contributed by atoms with Crippen LogP contribution in [0, 0.1) is 6.92 Å². The van der Waals surface area contributed by atoms with Crippen LogP contribution in [0.3, 0.4) is 0 Å². The van der Waals surface area contributed by atoms with Crippen molar-refractivity contribution in [1.82, 2.24) is 15.2 Å². The molecule has 106 valence electrons. The summed E-state index contributed by atoms with van der Waals surface area (Å²) in [5.74, 6) is 0. The van der Waals surface area contributed by atoms with Crippen LogP contribution >= 0.6 is 0 Å². The van der Waals surface area contributed by atoms with Crippen LogP contribution < -0.4 is 5.32 Å². The highest BCUT2D eigenvalue weighted by Gasteiger charge is 2.16. The lowest BCUT2D eigenvalue weighted by Gasteiger charge is -2.30. The van der Waals surface area contributed by atoms with Crippen molar-refractivity contribution in [1.29, 1.82) is 0 Å². The molecule has 0 saturated carbocycles. The predicted octanol–water partition coefficient (Wildman–Crippen LogP) is 2.73. The van der Waals surface area contributed by atoms with Crippen molar-refractivity contribution in [3.8, 4) is 0 Å². The smallest absolute Gasteiger partial charge is 0.0705 e. The van der Waals surface area contributed by atoms with Gasteiger partial charge < -0.3 is 10.2 Å². The molecule has 1 N–H and O–H groups in total. The molecule has 1 aliphatic heterocycles. The van der Waals surface area contributed by atoms with E-state index in [9.17, 15) is 0 Å². The third kappa shape index (κ3) is 3.17. The van der Waals surface area contributed by atoms with Crippen molar-refractivity contribution in [2.45, 2.75) is 32.4 Å². The number of aromatic nitrogens is 1. The second-order valence-electron chi connectivity index (χ2n) is 5.96. The molecule has 0 bridgehead atoms. The Bertz CT molecular complexity index is 594. The highest BCUT2D eigenvalue weighted by atomic mass is 15.1. The standard InChI is InChI=1S/C17H23N3/c1-13-5-7-15-10-14(6-8-17(15)19-13)11-18-16-4-3-9-20(2)12-16/h5-8,10,16,18H,3-4,9,11-12H2,1-2H3. The molecule has 1 unspecified atom stereocenters. The first-order valence-electron chi connectivity index (χ1n) is 7.49. The lowest BCUT2D eigenvalue weighted by atomic mass is 10.1. The molecule has 0 amide bonds. The van der Waals surface area contributed by atoms with E-state index >= 15 is 0 Å². The molecule has 1 saturated heterocycles. The van der Waals surface area contributed by atoms with Crippen LogP contribution in [0.4, 0.5) is 0 Å². The number of piperidine rings is 1. The first kappa shape index (κ1) is 13.5. The van der Waals surface area contributed by atoms with Gasteiger partial charge in [-0.15, -0.1) is 0 Å². The minimum atomic E-state index is 0.626. The summed E-state index contributed by atoms with van der Waals surface area (Å²) in [6.45, 7) is 5.38. The monoisotopic (exact) mass is 269 g/mol. The number of pyridine rings is 1. The maximum Gasteiger partial charge on any atom is 0.0705 e. The molecule has 3 rings (SSSR count). The predicted molar refractivity (Wildman–Crippen MR) is 83.8 cm³/mol. The second-order valence-corrected chi connectivity index (χ2v) is 5.96. The third-order valence-electron chi connectivity index (χ3n) is 4.11. The zero-order valence-electron chi connectivity index (χ0n) is 12.4. The number of hydrogen-bond donors (Lipinski definition) is 1. The molecule has 3 heteroatoms. The number of fused-ring (bicyclic) bond motifs is 1. The number of nitrogens with zero attached hydrogens (tertiary/aromatic N) is 2. The fourth-order valence-corrected chi connectivity index (χ4v) is 2.98. The molecule has 0 aliphatic carbocycles. The van der Waals surface area contributed by atoms with Crippen LogP contribution in [0.25, 0.3) is 10.9 Å². The minimum Gasteiger partial charge on any atom is -0.309 e. The normalized spacial score (nSPS) is 20.4. The van der Waals surface area contributed by atoms with Gasteiger partial charge in [0.1, 0.15) is 0 Å². The van der Waals surface area contributed by atoms with Crippen LogP contribution in [0.2, 0.25) is 0 Å². The Morgan fingerprint density at radius 2 is 2.20 bits per heavy atom. The Kier molecular flexibility index (Phi) is 3.99. The molecule has 1 fully saturated rings. The van der Waals surface area contributed by atoms with Gasteiger partial charge in [0.15, 0.2) is 0 Å². The van der Waals surface area contributed by atoms with E-state index in [-0.39, 0.29) is 0 Å². The summed E-state index contributed by atoms with van der Waals surface area (Å²) in [4.78, 5) is 6.96. The van der Waals surface area contributed by atoms with Crippen LogP contribution in [-0.4, -0.2) is 36.1 Å². The summed E-state index contributed by atoms with van der Waals surface area (Å²) >= 11 is 0. The maximum atomic E-state index is 4.55. The summed E-state index contributed by atoms with van der Waals surface area (Å²) in [6, 6.07) is 11.4. The highest BCUT2D eigenvalue weighted by molar-refractivity contribution is 5.79. The number of benzene rings is 1. The van der Waals surface area contributed by atoms with Gasteiger partial charge in [0.2, 0.25) is 0 Å². The number of nitrogens with one attached hydrogen (secondary N) is 1. The zero-order chi connectivity index (χ0) is 13.9. The lowest BCUT2D eigenvalue weighted by Crippen LogP contribution is -2.43. The van der Waals surface area contributed by atoms with Gasteiger partial charge >= 0.3 is 0 Å². The number of likely N-dealkylation sites (N-methyl/N-ethyl adjacent to an activating group) is 1. The van der Waals surface area contributed by atoms with Crippen molar-refractivity contribution in [3.63, 3.8) is 0 Å². The number of aryl methyl sites for hydroxylation is 1. The average Bonchev–Trinajstić information content (AvgIpc) is 2.45. The van der Waals surface area contributed by atoms with Crippen molar-refractivity contribution in [2.75, 3.05) is 20.1 Å². The summed E-state index contributed by atoms with van der Waals surface area (Å²) in [5.41, 5.74) is 3.51. The van der Waals surface area contributed by atoms with E-state index in [1.807, 2.05) is 6.92 Å². The fourth-order valence-electron chi connectivity index (χ4n) is 2.98. The largest absolute Gasteiger partial charge is 0.309 e. The molecule has 3 nitrogen and oxygen atoms in total. The average molecular weight is 269 g/mol. The quantitative estimate of drug-likeness (QED) is 0.928. The highest BCUT2D eigenvalue weighted by Crippen LogP contribution is 2.15. The maximum absolute atomic E-state index is 4.55. The first-order chi connectivity index (χ1) is 9.70. The Morgan fingerprint density at radius 1 is 1.30 bits per heavy atom. The van der Waals surface area contributed by atoms with Gasteiger partial charge in [-0.1, -0.05) is 12.1 Å². The first-order valence-corrected chi connectivity index (χ1v) is 7.49. The number of hydrogen-bond acceptors (Lipinski definition) is 3. The van der Waals surface area contributed by atoms with E-state index in [0.717, 1.165) is 24.3 Å². The van der Waals surface area contributed by atoms with Crippen LogP contribution in [0.1, 0.15) is 24.1 Å². The topological polar surface area (TPSA) is 28.2 Å². The van der Waals surface area contributed by atoms with Gasteiger partial charge in [-0.25, -0.2) is 0 Å². The van der Waals surface area contributed by atoms with Gasteiger partial charge in [-0.05, 0) is 57.1 Å². The Morgan fingerprint density at radius 3 is 3.05 bits per heavy atom. The zero-order valence-corrected chi connectivity index (χ0v) is 12.4. The molecule has 0 radical (unpaired) electrons. The second kappa shape index (κ2) is 5.90. The van der Waals surface area contributed by atoms with Crippen molar-refractivity contribution < 1.29 is 0 Å². The van der Waals surface area contributed by atoms with E-state index in [1.54, 1.807) is 0 Å². The molecule has 1 aromatic carbocycles. The van der Waals surface area contributed by atoms with E-state index in [4.69, 9.17) is 0 Å². The lowest BCUT2D eigenvalue weighted by molar-refractivity contribution is 0.226. The van der Waals surface area contributed by atoms with Gasteiger partial charge in [0, 0.05) is 30.2 Å². The Balaban J connectivity index is 1.67. The van der Waals surface area contributed by atoms with E-state index in [0.29, 0.717) is 6.04 Å². The van der Waals surface area contributed by atoms with Crippen molar-refractivity contribution >= 4 is 10.9 Å². The molecule has 2 aromatic rings. The molecule has 1 atom stereocenters. The third-order valence-corrected chi connectivity index (χ3v) is 4.11. The molecule has 1 aliphatic rings. The molecule has 20 heavy (non-hydrogen) atoms. The number of likely N-dealkylation sites (tertiary alicyclic amines) is 1. The number of rotatable bonds is 3. The van der Waals surface area contributed by atoms with Crippen LogP contribution in [0.5, 0.6) is 0 Å². The molecule has 0 spiro atoms. The fraction of sp³-hybridized carbons (Fsp3) is 0.471. The Hall–Kier alpha value is -1.45. The van der Waals surface area contributed by atoms with Gasteiger partial charge in [0.05, 0.1) is 5.52 Å². The van der Waals surface area contributed by atoms with E-state index in [2.05, 4.69) is 52.6 Å². The van der Waals surface area contributed by atoms with Crippen molar-refractivity contribution in [2.24, 2.45) is 0 Å². The summed E-state index contributed by atoms with van der Waals surface area (Å²) in [6.07, 6.45) is 2.59. The Labute approximate surface area is 121 Å². The van der Waals surface area contributed by atoms with Gasteiger partial charge in [0.25, 0.3) is 0 Å². The SMILES string of the molecule is Cc1ccc2cc(CNC3CCCN(C)C3)ccc2n1. The summed E-state index contributed by atoms with van der Waals surface area (Å²) in [5, 5.41) is 4.91. The van der Waals surface area contributed by atoms with Gasteiger partial charge in [-0.2, -0.15) is 0 Å². The molecule has 2 heterocycles. The minimum absolute atomic E-state index is 0.626. The van der Waals surface area contributed by atoms with Gasteiger partial charge in [-0.3, -0.25) is 4.98 Å².